The van der Waals surface area contributed by atoms with E-state index < -0.39 is 41.6 Å². The first-order chi connectivity index (χ1) is 20.3. The van der Waals surface area contributed by atoms with Crippen LogP contribution in [0.2, 0.25) is 0 Å². The summed E-state index contributed by atoms with van der Waals surface area (Å²) in [4.78, 5) is 46.0. The minimum atomic E-state index is -1.35. The number of nitrogens with one attached hydrogen (secondary N) is 2. The van der Waals surface area contributed by atoms with E-state index in [2.05, 4.69) is 26.6 Å². The Morgan fingerprint density at radius 3 is 2.50 bits per heavy atom. The number of carbonyl (C=O) groups excluding carboxylic acids is 3. The molecule has 0 saturated carbocycles. The minimum absolute atomic E-state index is 0.00136. The van der Waals surface area contributed by atoms with Gasteiger partial charge in [-0.2, -0.15) is 10.3 Å². The van der Waals surface area contributed by atoms with Crippen LogP contribution in [0.5, 0.6) is 0 Å². The molecule has 2 atom stereocenters. The van der Waals surface area contributed by atoms with Crippen LogP contribution >= 0.6 is 0 Å². The van der Waals surface area contributed by atoms with Crippen molar-refractivity contribution in [3.8, 4) is 6.07 Å². The summed E-state index contributed by atoms with van der Waals surface area (Å²) >= 11 is 0. The molecule has 2 heterocycles. The fourth-order valence-corrected chi connectivity index (χ4v) is 5.31. The maximum absolute atomic E-state index is 14.2. The topological polar surface area (TPSA) is 136 Å². The zero-order chi connectivity index (χ0) is 30.2. The number of piperidine rings is 1. The lowest BCUT2D eigenvalue weighted by atomic mass is 9.86. The van der Waals surface area contributed by atoms with Gasteiger partial charge in [0.15, 0.2) is 11.6 Å². The molecular formula is C29H32F2N6O5. The lowest BCUT2D eigenvalue weighted by molar-refractivity contribution is -0.144. The van der Waals surface area contributed by atoms with Crippen molar-refractivity contribution >= 4 is 29.4 Å². The lowest BCUT2D eigenvalue weighted by Gasteiger charge is -2.37. The Kier molecular flexibility index (Phi) is 10.2. The standard InChI is InChI=1S/C29H32F2N6O5/c1-41-17-23-25(27(38)42-2)26(18-7-8-21(30)22(31)15-18)37(29(40)35-23)28(39)34-12-11-33-20-9-13-36(14-10-20)24-6-4-3-5-19(24)16-32/h3-8,15,20,25-26,33H,9-14,17H2,1-2H3,(H,34,39). The molecule has 13 heteroatoms. The van der Waals surface area contributed by atoms with E-state index in [0.29, 0.717) is 12.1 Å². The van der Waals surface area contributed by atoms with Crippen molar-refractivity contribution < 1.29 is 32.6 Å². The van der Waals surface area contributed by atoms with Crippen LogP contribution in [0.4, 0.5) is 24.1 Å². The third kappa shape index (κ3) is 6.72. The quantitative estimate of drug-likeness (QED) is 0.340. The number of rotatable bonds is 9. The first-order valence-electron chi connectivity index (χ1n) is 13.5. The van der Waals surface area contributed by atoms with Gasteiger partial charge in [-0.15, -0.1) is 0 Å². The number of para-hydroxylation sites is 1. The van der Waals surface area contributed by atoms with E-state index in [-0.39, 0.29) is 30.5 Å². The molecule has 4 amide bonds. The summed E-state index contributed by atoms with van der Waals surface area (Å²) in [6.45, 7) is 1.84. The number of halogens is 2. The van der Waals surface area contributed by atoms with E-state index in [4.69, 9.17) is 9.47 Å². The van der Waals surface area contributed by atoms with Gasteiger partial charge in [-0.1, -0.05) is 18.2 Å². The SMILES string of the molecule is COCC1=NC(=O)N(C(=O)NCCNC2CCN(c3ccccc3C#N)CC2)C(c2ccc(F)c(F)c2)C1C(=O)OC. The van der Waals surface area contributed by atoms with Crippen LogP contribution < -0.4 is 15.5 Å². The average Bonchev–Trinajstić information content (AvgIpc) is 3.00. The molecule has 2 aromatic rings. The average molecular weight is 583 g/mol. The number of nitrogens with zero attached hydrogens (tertiary/aromatic N) is 4. The minimum Gasteiger partial charge on any atom is -0.468 e. The van der Waals surface area contributed by atoms with Gasteiger partial charge in [0.1, 0.15) is 12.0 Å². The Morgan fingerprint density at radius 1 is 1.10 bits per heavy atom. The van der Waals surface area contributed by atoms with Gasteiger partial charge in [0.2, 0.25) is 0 Å². The summed E-state index contributed by atoms with van der Waals surface area (Å²) < 4.78 is 37.9. The number of imide groups is 1. The molecule has 4 rings (SSSR count). The molecule has 0 spiro atoms. The summed E-state index contributed by atoms with van der Waals surface area (Å²) in [5.41, 5.74) is 1.56. The number of benzene rings is 2. The van der Waals surface area contributed by atoms with Gasteiger partial charge in [0.25, 0.3) is 0 Å². The number of hydrogen-bond acceptors (Lipinski definition) is 8. The van der Waals surface area contributed by atoms with Gasteiger partial charge in [-0.3, -0.25) is 4.79 Å². The van der Waals surface area contributed by atoms with Crippen LogP contribution in [-0.4, -0.2) is 81.7 Å². The van der Waals surface area contributed by atoms with Crippen LogP contribution in [0.3, 0.4) is 0 Å². The first kappa shape index (κ1) is 30.5. The summed E-state index contributed by atoms with van der Waals surface area (Å²) in [5, 5.41) is 15.4. The molecule has 42 heavy (non-hydrogen) atoms. The summed E-state index contributed by atoms with van der Waals surface area (Å²) in [7, 11) is 2.48. The number of aliphatic imine (C=N–C) groups is 1. The molecule has 11 nitrogen and oxygen atoms in total. The number of nitriles is 1. The second kappa shape index (κ2) is 14.0. The van der Waals surface area contributed by atoms with Crippen molar-refractivity contribution in [3.05, 3.63) is 65.2 Å². The molecule has 0 aliphatic carbocycles. The van der Waals surface area contributed by atoms with E-state index in [1.807, 2.05) is 18.2 Å². The zero-order valence-electron chi connectivity index (χ0n) is 23.3. The van der Waals surface area contributed by atoms with Crippen molar-refractivity contribution in [1.29, 1.82) is 5.26 Å². The smallest absolute Gasteiger partial charge is 0.352 e. The highest BCUT2D eigenvalue weighted by molar-refractivity contribution is 6.12. The number of methoxy groups -OCH3 is 2. The fraction of sp³-hybridized carbons (Fsp3) is 0.414. The molecule has 0 radical (unpaired) electrons. The first-order valence-corrected chi connectivity index (χ1v) is 13.5. The van der Waals surface area contributed by atoms with Gasteiger partial charge in [-0.25, -0.2) is 23.3 Å². The second-order valence-corrected chi connectivity index (χ2v) is 9.88. The molecule has 2 N–H and O–H groups in total. The van der Waals surface area contributed by atoms with Crippen LogP contribution in [0, 0.1) is 28.9 Å². The van der Waals surface area contributed by atoms with Crippen LogP contribution in [-0.2, 0) is 14.3 Å². The van der Waals surface area contributed by atoms with Gasteiger partial charge in [-0.05, 0) is 42.7 Å². The second-order valence-electron chi connectivity index (χ2n) is 9.88. The van der Waals surface area contributed by atoms with E-state index in [1.165, 1.54) is 13.2 Å². The van der Waals surface area contributed by atoms with Crippen molar-refractivity contribution in [2.24, 2.45) is 10.9 Å². The highest BCUT2D eigenvalue weighted by Crippen LogP contribution is 2.36. The Hall–Kier alpha value is -4.41. The molecule has 2 aromatic carbocycles. The van der Waals surface area contributed by atoms with Gasteiger partial charge in [0.05, 0.1) is 36.7 Å². The van der Waals surface area contributed by atoms with Crippen molar-refractivity contribution in [2.75, 3.05) is 51.9 Å². The van der Waals surface area contributed by atoms with Gasteiger partial charge < -0.3 is 25.0 Å². The predicted molar refractivity (Wildman–Crippen MR) is 149 cm³/mol. The lowest BCUT2D eigenvalue weighted by Crippen LogP contribution is -2.54. The Morgan fingerprint density at radius 2 is 1.83 bits per heavy atom. The summed E-state index contributed by atoms with van der Waals surface area (Å²) in [6, 6.07) is 9.59. The highest BCUT2D eigenvalue weighted by atomic mass is 19.2. The number of urea groups is 2. The molecule has 1 saturated heterocycles. The van der Waals surface area contributed by atoms with Gasteiger partial charge in [0, 0.05) is 39.3 Å². The number of hydrogen-bond donors (Lipinski definition) is 2. The maximum Gasteiger partial charge on any atom is 0.352 e. The third-order valence-corrected chi connectivity index (χ3v) is 7.34. The van der Waals surface area contributed by atoms with Crippen LogP contribution in [0.15, 0.2) is 47.5 Å². The predicted octanol–water partition coefficient (Wildman–Crippen LogP) is 3.16. The molecule has 0 bridgehead atoms. The van der Waals surface area contributed by atoms with E-state index in [9.17, 15) is 28.4 Å². The summed E-state index contributed by atoms with van der Waals surface area (Å²) in [5.74, 6) is -4.44. The molecule has 2 aliphatic heterocycles. The van der Waals surface area contributed by atoms with Crippen molar-refractivity contribution in [3.63, 3.8) is 0 Å². The molecular weight excluding hydrogens is 550 g/mol. The van der Waals surface area contributed by atoms with Crippen LogP contribution in [0.25, 0.3) is 0 Å². The molecule has 222 valence electrons. The Labute approximate surface area is 242 Å². The monoisotopic (exact) mass is 582 g/mol. The third-order valence-electron chi connectivity index (χ3n) is 7.34. The maximum atomic E-state index is 14.2. The molecule has 2 unspecified atom stereocenters. The summed E-state index contributed by atoms with van der Waals surface area (Å²) in [6.07, 6.45) is 1.66. The number of carbonyl (C=O) groups is 3. The molecule has 1 fully saturated rings. The largest absolute Gasteiger partial charge is 0.468 e. The van der Waals surface area contributed by atoms with Crippen molar-refractivity contribution in [2.45, 2.75) is 24.9 Å². The molecule has 2 aliphatic rings. The number of esters is 1. The Bertz CT molecular complexity index is 1390. The van der Waals surface area contributed by atoms with E-state index in [0.717, 1.165) is 55.8 Å². The molecule has 0 aromatic heterocycles. The number of amides is 4. The van der Waals surface area contributed by atoms with Crippen LogP contribution in [0.1, 0.15) is 30.0 Å². The highest BCUT2D eigenvalue weighted by Gasteiger charge is 2.47. The number of ether oxygens (including phenoxy) is 2. The van der Waals surface area contributed by atoms with E-state index >= 15 is 0 Å². The van der Waals surface area contributed by atoms with Gasteiger partial charge >= 0.3 is 18.0 Å². The fourth-order valence-electron chi connectivity index (χ4n) is 5.31. The normalized spacial score (nSPS) is 19.2. The van der Waals surface area contributed by atoms with E-state index in [1.54, 1.807) is 6.07 Å². The Balaban J connectivity index is 1.41. The number of anilines is 1. The zero-order valence-corrected chi connectivity index (χ0v) is 23.3. The van der Waals surface area contributed by atoms with Crippen molar-refractivity contribution in [1.82, 2.24) is 15.5 Å².